The van der Waals surface area contributed by atoms with Gasteiger partial charge in [0.1, 0.15) is 12.4 Å². The maximum absolute atomic E-state index is 5.89. The van der Waals surface area contributed by atoms with Gasteiger partial charge in [-0.3, -0.25) is 4.68 Å². The minimum atomic E-state index is 0.472. The van der Waals surface area contributed by atoms with Crippen LogP contribution < -0.4 is 4.74 Å². The lowest BCUT2D eigenvalue weighted by Crippen LogP contribution is -1.99. The summed E-state index contributed by atoms with van der Waals surface area (Å²) in [5, 5.41) is 4.24. The third-order valence-electron chi connectivity index (χ3n) is 2.95. The van der Waals surface area contributed by atoms with Crippen molar-refractivity contribution in [2.75, 3.05) is 0 Å². The van der Waals surface area contributed by atoms with Crippen LogP contribution in [0.5, 0.6) is 5.75 Å². The summed E-state index contributed by atoms with van der Waals surface area (Å²) in [4.78, 5) is 0. The van der Waals surface area contributed by atoms with Crippen LogP contribution >= 0.6 is 0 Å². The fourth-order valence-electron chi connectivity index (χ4n) is 1.90. The number of aryl methyl sites for hydroxylation is 1. The van der Waals surface area contributed by atoms with Crippen LogP contribution in [0.25, 0.3) is 0 Å². The first-order valence-electron chi connectivity index (χ1n) is 6.43. The number of para-hydroxylation sites is 1. The summed E-state index contributed by atoms with van der Waals surface area (Å²) in [5.74, 6) is 1.44. The third-order valence-corrected chi connectivity index (χ3v) is 2.95. The fraction of sp³-hybridized carbons (Fsp3) is 0.400. The van der Waals surface area contributed by atoms with Gasteiger partial charge in [-0.2, -0.15) is 5.10 Å². The number of nitrogens with zero attached hydrogens (tertiary/aromatic N) is 2. The Morgan fingerprint density at radius 1 is 1.28 bits per heavy atom. The molecule has 0 amide bonds. The summed E-state index contributed by atoms with van der Waals surface area (Å²) in [6, 6.07) is 8.21. The van der Waals surface area contributed by atoms with Gasteiger partial charge < -0.3 is 4.74 Å². The highest BCUT2D eigenvalue weighted by Crippen LogP contribution is 2.26. The molecular weight excluding hydrogens is 224 g/mol. The summed E-state index contributed by atoms with van der Waals surface area (Å²) in [6.07, 6.45) is 3.89. The minimum Gasteiger partial charge on any atom is -0.488 e. The topological polar surface area (TPSA) is 27.1 Å². The van der Waals surface area contributed by atoms with E-state index >= 15 is 0 Å². The van der Waals surface area contributed by atoms with E-state index in [-0.39, 0.29) is 0 Å². The minimum absolute atomic E-state index is 0.472. The monoisotopic (exact) mass is 244 g/mol. The van der Waals surface area contributed by atoms with Gasteiger partial charge in [0.05, 0.1) is 6.20 Å². The maximum atomic E-state index is 5.89. The van der Waals surface area contributed by atoms with Crippen LogP contribution in [-0.4, -0.2) is 9.78 Å². The quantitative estimate of drug-likeness (QED) is 0.803. The van der Waals surface area contributed by atoms with Crippen molar-refractivity contribution < 1.29 is 4.74 Å². The fourth-order valence-corrected chi connectivity index (χ4v) is 1.90. The molecule has 3 heteroatoms. The van der Waals surface area contributed by atoms with Crippen LogP contribution in [0.4, 0.5) is 0 Å². The molecular formula is C15H20N2O. The largest absolute Gasteiger partial charge is 0.488 e. The third kappa shape index (κ3) is 2.92. The lowest BCUT2D eigenvalue weighted by atomic mass is 10.0. The van der Waals surface area contributed by atoms with Crippen molar-refractivity contribution in [1.82, 2.24) is 9.78 Å². The van der Waals surface area contributed by atoms with E-state index in [0.29, 0.717) is 12.5 Å². The number of benzene rings is 1. The summed E-state index contributed by atoms with van der Waals surface area (Å²) < 4.78 is 7.80. The van der Waals surface area contributed by atoms with E-state index in [0.717, 1.165) is 17.9 Å². The van der Waals surface area contributed by atoms with E-state index < -0.39 is 0 Å². The van der Waals surface area contributed by atoms with Crippen molar-refractivity contribution >= 4 is 0 Å². The molecule has 0 aliphatic rings. The van der Waals surface area contributed by atoms with Crippen LogP contribution in [0.1, 0.15) is 37.8 Å². The molecule has 0 atom stereocenters. The zero-order chi connectivity index (χ0) is 13.0. The molecule has 0 saturated carbocycles. The van der Waals surface area contributed by atoms with E-state index in [2.05, 4.69) is 38.0 Å². The molecule has 96 valence electrons. The molecule has 3 nitrogen and oxygen atoms in total. The van der Waals surface area contributed by atoms with Crippen molar-refractivity contribution in [3.05, 3.63) is 47.8 Å². The number of rotatable bonds is 5. The predicted molar refractivity (Wildman–Crippen MR) is 72.8 cm³/mol. The first kappa shape index (κ1) is 12.7. The molecule has 1 aromatic carbocycles. The highest BCUT2D eigenvalue weighted by Gasteiger charge is 2.07. The zero-order valence-corrected chi connectivity index (χ0v) is 11.3. The van der Waals surface area contributed by atoms with Gasteiger partial charge in [0.25, 0.3) is 0 Å². The Hall–Kier alpha value is -1.77. The van der Waals surface area contributed by atoms with E-state index in [1.807, 2.05) is 29.2 Å². The van der Waals surface area contributed by atoms with Gasteiger partial charge in [0, 0.05) is 18.3 Å². The molecule has 0 unspecified atom stereocenters. The Morgan fingerprint density at radius 2 is 2.06 bits per heavy atom. The van der Waals surface area contributed by atoms with Crippen LogP contribution in [0.15, 0.2) is 36.7 Å². The molecule has 1 heterocycles. The molecule has 0 aliphatic carbocycles. The molecule has 0 radical (unpaired) electrons. The molecule has 2 rings (SSSR count). The Balaban J connectivity index is 2.05. The molecule has 0 fully saturated rings. The lowest BCUT2D eigenvalue weighted by molar-refractivity contribution is 0.301. The second-order valence-corrected chi connectivity index (χ2v) is 4.69. The molecule has 18 heavy (non-hydrogen) atoms. The Labute approximate surface area is 108 Å². The van der Waals surface area contributed by atoms with Crippen LogP contribution in [0, 0.1) is 0 Å². The van der Waals surface area contributed by atoms with Crippen molar-refractivity contribution in [2.45, 2.75) is 39.8 Å². The van der Waals surface area contributed by atoms with Crippen molar-refractivity contribution in [3.8, 4) is 5.75 Å². The van der Waals surface area contributed by atoms with Crippen LogP contribution in [0.2, 0.25) is 0 Å². The number of hydrogen-bond acceptors (Lipinski definition) is 2. The first-order chi connectivity index (χ1) is 8.70. The van der Waals surface area contributed by atoms with Gasteiger partial charge in [-0.05, 0) is 24.5 Å². The van der Waals surface area contributed by atoms with Crippen LogP contribution in [-0.2, 0) is 13.2 Å². The number of hydrogen-bond donors (Lipinski definition) is 0. The van der Waals surface area contributed by atoms with E-state index in [1.54, 1.807) is 0 Å². The molecule has 0 spiro atoms. The molecule has 0 bridgehead atoms. The second-order valence-electron chi connectivity index (χ2n) is 4.69. The van der Waals surface area contributed by atoms with Crippen molar-refractivity contribution in [3.63, 3.8) is 0 Å². The summed E-state index contributed by atoms with van der Waals surface area (Å²) in [7, 11) is 0. The lowest BCUT2D eigenvalue weighted by Gasteiger charge is -2.13. The molecule has 0 N–H and O–H groups in total. The SMILES string of the molecule is CCn1cc(COc2ccccc2C(C)C)cn1. The average Bonchev–Trinajstić information content (AvgIpc) is 2.84. The smallest absolute Gasteiger partial charge is 0.123 e. The van der Waals surface area contributed by atoms with Gasteiger partial charge >= 0.3 is 0 Å². The molecule has 1 aromatic heterocycles. The van der Waals surface area contributed by atoms with E-state index in [4.69, 9.17) is 4.74 Å². The Bertz CT molecular complexity index is 503. The zero-order valence-electron chi connectivity index (χ0n) is 11.3. The van der Waals surface area contributed by atoms with Gasteiger partial charge in [-0.15, -0.1) is 0 Å². The van der Waals surface area contributed by atoms with E-state index in [1.165, 1.54) is 5.56 Å². The number of aromatic nitrogens is 2. The van der Waals surface area contributed by atoms with Crippen molar-refractivity contribution in [2.24, 2.45) is 0 Å². The highest BCUT2D eigenvalue weighted by molar-refractivity contribution is 5.35. The van der Waals surface area contributed by atoms with Gasteiger partial charge in [0.2, 0.25) is 0 Å². The summed E-state index contributed by atoms with van der Waals surface area (Å²) in [6.45, 7) is 7.90. The predicted octanol–water partition coefficient (Wildman–Crippen LogP) is 3.61. The molecule has 0 aliphatic heterocycles. The second kappa shape index (κ2) is 5.71. The van der Waals surface area contributed by atoms with E-state index in [9.17, 15) is 0 Å². The molecule has 0 saturated heterocycles. The highest BCUT2D eigenvalue weighted by atomic mass is 16.5. The van der Waals surface area contributed by atoms with Crippen LogP contribution in [0.3, 0.4) is 0 Å². The Morgan fingerprint density at radius 3 is 2.72 bits per heavy atom. The van der Waals surface area contributed by atoms with Gasteiger partial charge in [-0.25, -0.2) is 0 Å². The van der Waals surface area contributed by atoms with Crippen molar-refractivity contribution in [1.29, 1.82) is 0 Å². The maximum Gasteiger partial charge on any atom is 0.123 e. The number of ether oxygens (including phenoxy) is 1. The Kier molecular flexibility index (Phi) is 4.03. The first-order valence-corrected chi connectivity index (χ1v) is 6.43. The van der Waals surface area contributed by atoms with Gasteiger partial charge in [0.15, 0.2) is 0 Å². The standard InChI is InChI=1S/C15H20N2O/c1-4-17-10-13(9-16-17)11-18-15-8-6-5-7-14(15)12(2)3/h5-10,12H,4,11H2,1-3H3. The summed E-state index contributed by atoms with van der Waals surface area (Å²) >= 11 is 0. The van der Waals surface area contributed by atoms with Gasteiger partial charge in [-0.1, -0.05) is 32.0 Å². The molecule has 2 aromatic rings. The normalized spacial score (nSPS) is 10.9. The summed E-state index contributed by atoms with van der Waals surface area (Å²) in [5.41, 5.74) is 2.36. The average molecular weight is 244 g/mol.